The van der Waals surface area contributed by atoms with Crippen molar-refractivity contribution >= 4 is 17.6 Å². The molecule has 0 amide bonds. The summed E-state index contributed by atoms with van der Waals surface area (Å²) in [6, 6.07) is 0. The minimum absolute atomic E-state index is 0.0394. The van der Waals surface area contributed by atoms with Gasteiger partial charge in [-0.3, -0.25) is 0 Å². The van der Waals surface area contributed by atoms with Gasteiger partial charge in [0.1, 0.15) is 6.10 Å². The van der Waals surface area contributed by atoms with Crippen molar-refractivity contribution in [1.29, 1.82) is 0 Å². The molecule has 0 aliphatic carbocycles. The van der Waals surface area contributed by atoms with E-state index >= 15 is 0 Å². The Morgan fingerprint density at radius 2 is 2.28 bits per heavy atom. The Hall–Kier alpha value is -1.28. The summed E-state index contributed by atoms with van der Waals surface area (Å²) in [7, 11) is 0. The van der Waals surface area contributed by atoms with E-state index in [0.29, 0.717) is 0 Å². The predicted octanol–water partition coefficient (Wildman–Crippen LogP) is 4.28. The number of carbonyl (C=O) groups is 1. The maximum atomic E-state index is 11.0. The smallest absolute Gasteiger partial charge is 0.330 e. The van der Waals surface area contributed by atoms with E-state index in [1.807, 2.05) is 25.2 Å². The van der Waals surface area contributed by atoms with E-state index in [-0.39, 0.29) is 12.1 Å². The largest absolute Gasteiger partial charge is 0.459 e. The number of ether oxygens (including phenoxy) is 1. The fraction of sp³-hybridized carbons (Fsp3) is 0.400. The molecule has 0 bridgehead atoms. The monoisotopic (exact) mass is 266 g/mol. The molecule has 1 heterocycles. The second-order valence-electron chi connectivity index (χ2n) is 4.29. The fourth-order valence-corrected chi connectivity index (χ4v) is 1.67. The maximum absolute atomic E-state index is 11.0. The number of hydrogen-bond acceptors (Lipinski definition) is 2. The highest BCUT2D eigenvalue weighted by Gasteiger charge is 2.14. The van der Waals surface area contributed by atoms with E-state index in [1.54, 1.807) is 5.54 Å². The minimum Gasteiger partial charge on any atom is -0.459 e. The molecular weight excluding hydrogens is 248 g/mol. The number of cyclic esters (lactones) is 1. The van der Waals surface area contributed by atoms with Crippen molar-refractivity contribution < 1.29 is 9.53 Å². The van der Waals surface area contributed by atoms with Gasteiger partial charge in [0.05, 0.1) is 0 Å². The van der Waals surface area contributed by atoms with Crippen LogP contribution in [0.25, 0.3) is 0 Å². The molecule has 0 saturated carbocycles. The van der Waals surface area contributed by atoms with Gasteiger partial charge >= 0.3 is 5.97 Å². The first-order valence-corrected chi connectivity index (χ1v) is 6.60. The summed E-state index contributed by atoms with van der Waals surface area (Å²) < 4.78 is 5.16. The molecule has 0 fully saturated rings. The van der Waals surface area contributed by atoms with E-state index in [9.17, 15) is 4.79 Å². The molecule has 1 unspecified atom stereocenters. The zero-order chi connectivity index (χ0) is 13.2. The molecule has 0 N–H and O–H groups in total. The molecule has 98 valence electrons. The van der Waals surface area contributed by atoms with Gasteiger partial charge in [-0.2, -0.15) is 0 Å². The lowest BCUT2D eigenvalue weighted by Gasteiger charge is -2.17. The topological polar surface area (TPSA) is 26.3 Å². The zero-order valence-electron chi connectivity index (χ0n) is 10.6. The molecule has 0 radical (unpaired) electrons. The van der Waals surface area contributed by atoms with Crippen LogP contribution in [-0.2, 0) is 9.53 Å². The number of rotatable bonds is 6. The van der Waals surface area contributed by atoms with Crippen molar-refractivity contribution in [2.24, 2.45) is 0 Å². The van der Waals surface area contributed by atoms with Crippen molar-refractivity contribution in [3.8, 4) is 0 Å². The number of allylic oxidation sites excluding steroid dienone is 5. The third-order valence-corrected chi connectivity index (χ3v) is 2.97. The molecule has 0 aromatic rings. The van der Waals surface area contributed by atoms with Crippen LogP contribution < -0.4 is 0 Å². The van der Waals surface area contributed by atoms with Crippen LogP contribution in [0.15, 0.2) is 47.6 Å². The highest BCUT2D eigenvalue weighted by Crippen LogP contribution is 2.13. The normalized spacial score (nSPS) is 20.9. The molecule has 1 atom stereocenters. The van der Waals surface area contributed by atoms with Crippen molar-refractivity contribution in [2.75, 3.05) is 0 Å². The van der Waals surface area contributed by atoms with E-state index in [4.69, 9.17) is 16.3 Å². The molecule has 3 heteroatoms. The van der Waals surface area contributed by atoms with Gasteiger partial charge in [0, 0.05) is 18.0 Å². The molecule has 0 aromatic carbocycles. The molecule has 1 rings (SSSR count). The van der Waals surface area contributed by atoms with Gasteiger partial charge < -0.3 is 4.74 Å². The summed E-state index contributed by atoms with van der Waals surface area (Å²) in [4.78, 5) is 11.0. The highest BCUT2D eigenvalue weighted by molar-refractivity contribution is 6.25. The Labute approximate surface area is 114 Å². The number of esters is 1. The van der Waals surface area contributed by atoms with E-state index < -0.39 is 0 Å². The summed E-state index contributed by atoms with van der Waals surface area (Å²) >= 11 is 5.55. The SMILES string of the molecule is CC(=CCl)CC=CC=CCCC1CC=CC(=O)O1. The Kier molecular flexibility index (Phi) is 7.19. The summed E-state index contributed by atoms with van der Waals surface area (Å²) in [6.45, 7) is 1.99. The van der Waals surface area contributed by atoms with Crippen LogP contribution in [0.2, 0.25) is 0 Å². The van der Waals surface area contributed by atoms with E-state index in [1.165, 1.54) is 6.08 Å². The first-order valence-electron chi connectivity index (χ1n) is 6.17. The van der Waals surface area contributed by atoms with Gasteiger partial charge in [0.2, 0.25) is 0 Å². The van der Waals surface area contributed by atoms with Crippen LogP contribution in [0.4, 0.5) is 0 Å². The van der Waals surface area contributed by atoms with E-state index in [0.717, 1.165) is 31.3 Å². The van der Waals surface area contributed by atoms with Gasteiger partial charge in [-0.1, -0.05) is 47.6 Å². The Balaban J connectivity index is 2.14. The zero-order valence-corrected chi connectivity index (χ0v) is 11.4. The summed E-state index contributed by atoms with van der Waals surface area (Å²) in [6.07, 6.45) is 15.1. The second kappa shape index (κ2) is 8.76. The van der Waals surface area contributed by atoms with Crippen molar-refractivity contribution in [1.82, 2.24) is 0 Å². The van der Waals surface area contributed by atoms with Gasteiger partial charge in [-0.15, -0.1) is 0 Å². The Morgan fingerprint density at radius 3 is 3.00 bits per heavy atom. The van der Waals surface area contributed by atoms with Crippen LogP contribution in [0.1, 0.15) is 32.6 Å². The molecule has 0 aromatic heterocycles. The van der Waals surface area contributed by atoms with Crippen LogP contribution in [0.5, 0.6) is 0 Å². The Morgan fingerprint density at radius 1 is 1.50 bits per heavy atom. The third-order valence-electron chi connectivity index (χ3n) is 2.60. The molecule has 1 aliphatic heterocycles. The Bertz CT molecular complexity index is 378. The fourth-order valence-electron chi connectivity index (χ4n) is 1.58. The van der Waals surface area contributed by atoms with Gasteiger partial charge in [-0.25, -0.2) is 4.79 Å². The lowest BCUT2D eigenvalue weighted by Crippen LogP contribution is -2.19. The summed E-state index contributed by atoms with van der Waals surface area (Å²) in [5, 5.41) is 0. The number of carbonyl (C=O) groups excluding carboxylic acids is 1. The first kappa shape index (κ1) is 14.8. The second-order valence-corrected chi connectivity index (χ2v) is 4.51. The average molecular weight is 267 g/mol. The highest BCUT2D eigenvalue weighted by atomic mass is 35.5. The lowest BCUT2D eigenvalue weighted by molar-refractivity contribution is -0.144. The van der Waals surface area contributed by atoms with Crippen molar-refractivity contribution in [3.63, 3.8) is 0 Å². The molecular formula is C15H19ClO2. The third kappa shape index (κ3) is 6.45. The van der Waals surface area contributed by atoms with Crippen LogP contribution in [0, 0.1) is 0 Å². The van der Waals surface area contributed by atoms with Crippen LogP contribution in [-0.4, -0.2) is 12.1 Å². The lowest BCUT2D eigenvalue weighted by atomic mass is 10.1. The average Bonchev–Trinajstić information content (AvgIpc) is 2.37. The predicted molar refractivity (Wildman–Crippen MR) is 75.4 cm³/mol. The molecule has 1 aliphatic rings. The number of halogens is 1. The molecule has 18 heavy (non-hydrogen) atoms. The standard InChI is InChI=1S/C15H19ClO2/c1-13(12-16)8-5-3-2-4-6-9-14-10-7-11-15(17)18-14/h2-5,7,11-12,14H,6,8-10H2,1H3. The van der Waals surface area contributed by atoms with Gasteiger partial charge in [-0.05, 0) is 26.2 Å². The quantitative estimate of drug-likeness (QED) is 0.530. The van der Waals surface area contributed by atoms with Gasteiger partial charge in [0.15, 0.2) is 0 Å². The van der Waals surface area contributed by atoms with Crippen LogP contribution in [0.3, 0.4) is 0 Å². The van der Waals surface area contributed by atoms with Gasteiger partial charge in [0.25, 0.3) is 0 Å². The first-order chi connectivity index (χ1) is 8.72. The minimum atomic E-state index is -0.224. The summed E-state index contributed by atoms with van der Waals surface area (Å²) in [5.74, 6) is -0.224. The van der Waals surface area contributed by atoms with Crippen LogP contribution >= 0.6 is 11.6 Å². The van der Waals surface area contributed by atoms with Crippen molar-refractivity contribution in [2.45, 2.75) is 38.7 Å². The number of hydrogen-bond donors (Lipinski definition) is 0. The van der Waals surface area contributed by atoms with E-state index in [2.05, 4.69) is 12.2 Å². The molecule has 0 saturated heterocycles. The van der Waals surface area contributed by atoms with Crippen molar-refractivity contribution in [3.05, 3.63) is 47.6 Å². The maximum Gasteiger partial charge on any atom is 0.330 e. The molecule has 0 spiro atoms. The summed E-state index contributed by atoms with van der Waals surface area (Å²) in [5.41, 5.74) is 2.74. The molecule has 2 nitrogen and oxygen atoms in total.